The van der Waals surface area contributed by atoms with Crippen LogP contribution in [0.25, 0.3) is 0 Å². The first kappa shape index (κ1) is 10.4. The molecule has 82 valence electrons. The lowest BCUT2D eigenvalue weighted by Crippen LogP contribution is -2.16. The van der Waals surface area contributed by atoms with Crippen LogP contribution in [-0.2, 0) is 6.54 Å². The smallest absolute Gasteiger partial charge is 0.249 e. The molecule has 1 aromatic carbocycles. The number of hydrogen-bond acceptors (Lipinski definition) is 2. The Labute approximate surface area is 91.5 Å². The third-order valence-electron chi connectivity index (χ3n) is 2.28. The molecule has 0 bridgehead atoms. The van der Waals surface area contributed by atoms with Gasteiger partial charge in [0, 0.05) is 23.5 Å². The monoisotopic (exact) mass is 219 g/mol. The molecule has 4 nitrogen and oxygen atoms in total. The van der Waals surface area contributed by atoms with Crippen LogP contribution in [0, 0.1) is 5.82 Å². The Bertz CT molecular complexity index is 508. The second-order valence-electron chi connectivity index (χ2n) is 3.37. The van der Waals surface area contributed by atoms with Crippen LogP contribution in [0.1, 0.15) is 15.9 Å². The summed E-state index contributed by atoms with van der Waals surface area (Å²) in [5, 5.41) is 0. The molecule has 0 fully saturated rings. The first-order chi connectivity index (χ1) is 7.68. The summed E-state index contributed by atoms with van der Waals surface area (Å²) in [4.78, 5) is 15.0. The normalized spacial score (nSPS) is 10.3. The van der Waals surface area contributed by atoms with Crippen LogP contribution in [0.15, 0.2) is 36.9 Å². The van der Waals surface area contributed by atoms with E-state index < -0.39 is 11.7 Å². The van der Waals surface area contributed by atoms with E-state index in [1.807, 2.05) is 0 Å². The number of halogens is 1. The predicted molar refractivity (Wildman–Crippen MR) is 56.2 cm³/mol. The molecule has 2 N–H and O–H groups in total. The molecule has 2 rings (SSSR count). The number of carbonyl (C=O) groups is 1. The molecular weight excluding hydrogens is 209 g/mol. The Morgan fingerprint density at radius 2 is 2.31 bits per heavy atom. The van der Waals surface area contributed by atoms with Gasteiger partial charge in [0.05, 0.1) is 12.9 Å². The quantitative estimate of drug-likeness (QED) is 0.842. The summed E-state index contributed by atoms with van der Waals surface area (Å²) in [7, 11) is 0. The second kappa shape index (κ2) is 4.14. The van der Waals surface area contributed by atoms with Gasteiger partial charge < -0.3 is 10.3 Å². The SMILES string of the molecule is NC(=O)c1cccc(F)c1Cn1ccnc1. The van der Waals surface area contributed by atoms with Crippen molar-refractivity contribution in [2.24, 2.45) is 5.73 Å². The van der Waals surface area contributed by atoms with Gasteiger partial charge in [0.1, 0.15) is 5.82 Å². The number of hydrogen-bond donors (Lipinski definition) is 1. The molecular formula is C11H10FN3O. The number of amides is 1. The number of imidazole rings is 1. The van der Waals surface area contributed by atoms with E-state index in [2.05, 4.69) is 4.98 Å². The average molecular weight is 219 g/mol. The van der Waals surface area contributed by atoms with Gasteiger partial charge in [-0.2, -0.15) is 0 Å². The minimum atomic E-state index is -0.630. The number of nitrogens with two attached hydrogens (primary N) is 1. The van der Waals surface area contributed by atoms with Crippen molar-refractivity contribution in [2.45, 2.75) is 6.54 Å². The lowest BCUT2D eigenvalue weighted by molar-refractivity contribution is 0.0998. The minimum Gasteiger partial charge on any atom is -0.366 e. The second-order valence-corrected chi connectivity index (χ2v) is 3.37. The fourth-order valence-electron chi connectivity index (χ4n) is 1.51. The number of carbonyl (C=O) groups excluding carboxylic acids is 1. The zero-order valence-corrected chi connectivity index (χ0v) is 8.43. The van der Waals surface area contributed by atoms with Crippen molar-refractivity contribution in [1.29, 1.82) is 0 Å². The maximum absolute atomic E-state index is 13.6. The Morgan fingerprint density at radius 1 is 1.50 bits per heavy atom. The van der Waals surface area contributed by atoms with Crippen LogP contribution >= 0.6 is 0 Å². The molecule has 1 amide bonds. The summed E-state index contributed by atoms with van der Waals surface area (Å²) >= 11 is 0. The van der Waals surface area contributed by atoms with Gasteiger partial charge in [-0.25, -0.2) is 9.37 Å². The van der Waals surface area contributed by atoms with Gasteiger partial charge in [-0.1, -0.05) is 6.07 Å². The summed E-state index contributed by atoms with van der Waals surface area (Å²) in [6.45, 7) is 0.241. The zero-order chi connectivity index (χ0) is 11.5. The van der Waals surface area contributed by atoms with E-state index in [4.69, 9.17) is 5.73 Å². The van der Waals surface area contributed by atoms with Gasteiger partial charge in [0.25, 0.3) is 0 Å². The summed E-state index contributed by atoms with van der Waals surface area (Å²) in [6.07, 6.45) is 4.83. The van der Waals surface area contributed by atoms with E-state index in [-0.39, 0.29) is 17.7 Å². The van der Waals surface area contributed by atoms with Gasteiger partial charge >= 0.3 is 0 Å². The first-order valence-corrected chi connectivity index (χ1v) is 4.71. The third-order valence-corrected chi connectivity index (χ3v) is 2.28. The summed E-state index contributed by atoms with van der Waals surface area (Å²) in [5.41, 5.74) is 5.67. The number of rotatable bonds is 3. The minimum absolute atomic E-state index is 0.203. The van der Waals surface area contributed by atoms with E-state index >= 15 is 0 Å². The van der Waals surface area contributed by atoms with E-state index in [1.54, 1.807) is 23.3 Å². The van der Waals surface area contributed by atoms with Gasteiger partial charge in [-0.3, -0.25) is 4.79 Å². The van der Waals surface area contributed by atoms with Crippen molar-refractivity contribution in [3.63, 3.8) is 0 Å². The van der Waals surface area contributed by atoms with Gasteiger partial charge in [0.2, 0.25) is 5.91 Å². The van der Waals surface area contributed by atoms with Crippen LogP contribution in [0.2, 0.25) is 0 Å². The highest BCUT2D eigenvalue weighted by Gasteiger charge is 2.12. The van der Waals surface area contributed by atoms with E-state index in [0.29, 0.717) is 0 Å². The third kappa shape index (κ3) is 1.93. The average Bonchev–Trinajstić information content (AvgIpc) is 2.73. The molecule has 0 saturated carbocycles. The van der Waals surface area contributed by atoms with Crippen LogP contribution < -0.4 is 5.73 Å². The molecule has 0 unspecified atom stereocenters. The predicted octanol–water partition coefficient (Wildman–Crippen LogP) is 1.17. The molecule has 0 aliphatic carbocycles. The van der Waals surface area contributed by atoms with Crippen molar-refractivity contribution in [1.82, 2.24) is 9.55 Å². The molecule has 0 radical (unpaired) electrons. The first-order valence-electron chi connectivity index (χ1n) is 4.71. The molecule has 16 heavy (non-hydrogen) atoms. The van der Waals surface area contributed by atoms with Crippen LogP contribution in [0.3, 0.4) is 0 Å². The maximum atomic E-state index is 13.6. The van der Waals surface area contributed by atoms with Crippen molar-refractivity contribution in [2.75, 3.05) is 0 Å². The molecule has 0 aliphatic heterocycles. The van der Waals surface area contributed by atoms with Gasteiger partial charge in [-0.15, -0.1) is 0 Å². The highest BCUT2D eigenvalue weighted by atomic mass is 19.1. The molecule has 0 saturated heterocycles. The fraction of sp³-hybridized carbons (Fsp3) is 0.0909. The summed E-state index contributed by atoms with van der Waals surface area (Å²) in [5.74, 6) is -1.07. The lowest BCUT2D eigenvalue weighted by Gasteiger charge is -2.08. The number of aromatic nitrogens is 2. The van der Waals surface area contributed by atoms with E-state index in [9.17, 15) is 9.18 Å². The summed E-state index contributed by atoms with van der Waals surface area (Å²) < 4.78 is 15.2. The largest absolute Gasteiger partial charge is 0.366 e. The number of nitrogens with zero attached hydrogens (tertiary/aromatic N) is 2. The van der Waals surface area contributed by atoms with Gasteiger partial charge in [-0.05, 0) is 12.1 Å². The molecule has 1 aromatic heterocycles. The standard InChI is InChI=1S/C11H10FN3O/c12-10-3-1-2-8(11(13)16)9(10)6-15-5-4-14-7-15/h1-5,7H,6H2,(H2,13,16). The van der Waals surface area contributed by atoms with Crippen molar-refractivity contribution in [3.05, 3.63) is 53.9 Å². The Kier molecular flexibility index (Phi) is 2.68. The molecule has 1 heterocycles. The number of primary amides is 1. The highest BCUT2D eigenvalue weighted by molar-refractivity contribution is 5.94. The molecule has 0 spiro atoms. The zero-order valence-electron chi connectivity index (χ0n) is 8.43. The number of benzene rings is 1. The van der Waals surface area contributed by atoms with E-state index in [0.717, 1.165) is 0 Å². The molecule has 0 atom stereocenters. The Morgan fingerprint density at radius 3 is 2.94 bits per heavy atom. The van der Waals surface area contributed by atoms with Gasteiger partial charge in [0.15, 0.2) is 0 Å². The fourth-order valence-corrected chi connectivity index (χ4v) is 1.51. The van der Waals surface area contributed by atoms with Crippen LogP contribution in [0.5, 0.6) is 0 Å². The lowest BCUT2D eigenvalue weighted by atomic mass is 10.1. The Balaban J connectivity index is 2.42. The van der Waals surface area contributed by atoms with Crippen molar-refractivity contribution in [3.8, 4) is 0 Å². The van der Waals surface area contributed by atoms with Crippen molar-refractivity contribution < 1.29 is 9.18 Å². The van der Waals surface area contributed by atoms with Crippen LogP contribution in [-0.4, -0.2) is 15.5 Å². The highest BCUT2D eigenvalue weighted by Crippen LogP contribution is 2.14. The van der Waals surface area contributed by atoms with Crippen LogP contribution in [0.4, 0.5) is 4.39 Å². The Hall–Kier alpha value is -2.17. The molecule has 0 aliphatic rings. The topological polar surface area (TPSA) is 60.9 Å². The molecule has 2 aromatic rings. The maximum Gasteiger partial charge on any atom is 0.249 e. The summed E-state index contributed by atoms with van der Waals surface area (Å²) in [6, 6.07) is 4.28. The van der Waals surface area contributed by atoms with E-state index in [1.165, 1.54) is 18.2 Å². The van der Waals surface area contributed by atoms with Crippen molar-refractivity contribution >= 4 is 5.91 Å². The molecule has 5 heteroatoms.